The average Bonchev–Trinajstić information content (AvgIpc) is 2.90. The van der Waals surface area contributed by atoms with Gasteiger partial charge in [0.15, 0.2) is 0 Å². The van der Waals surface area contributed by atoms with Gasteiger partial charge in [-0.3, -0.25) is 0 Å². The number of rotatable bonds is 2. The minimum atomic E-state index is -0.157. The van der Waals surface area contributed by atoms with Crippen molar-refractivity contribution in [3.05, 3.63) is 35.7 Å². The molecule has 0 spiro atoms. The van der Waals surface area contributed by atoms with Crippen LogP contribution < -0.4 is 0 Å². The molecular weight excluding hydrogens is 240 g/mol. The van der Waals surface area contributed by atoms with E-state index in [1.165, 1.54) is 5.56 Å². The number of benzene rings is 1. The normalized spacial score (nSPS) is 23.5. The number of aromatic nitrogens is 2. The Balaban J connectivity index is 1.77. The molecule has 1 N–H and O–H groups in total. The van der Waals surface area contributed by atoms with Crippen LogP contribution in [0.15, 0.2) is 28.8 Å². The van der Waals surface area contributed by atoms with Gasteiger partial charge in [-0.2, -0.15) is 4.98 Å². The van der Waals surface area contributed by atoms with Gasteiger partial charge in [0.25, 0.3) is 0 Å². The molecule has 0 radical (unpaired) electrons. The van der Waals surface area contributed by atoms with Gasteiger partial charge in [0.05, 0.1) is 6.10 Å². The summed E-state index contributed by atoms with van der Waals surface area (Å²) in [5.41, 5.74) is 2.20. The average molecular weight is 258 g/mol. The third-order valence-corrected chi connectivity index (χ3v) is 3.80. The zero-order valence-corrected chi connectivity index (χ0v) is 11.0. The Morgan fingerprint density at radius 1 is 1.11 bits per heavy atom. The molecule has 4 heteroatoms. The molecule has 0 saturated heterocycles. The highest BCUT2D eigenvalue weighted by Gasteiger charge is 2.25. The number of hydrogen-bond donors (Lipinski definition) is 1. The molecule has 0 unspecified atom stereocenters. The van der Waals surface area contributed by atoms with Crippen LogP contribution >= 0.6 is 0 Å². The van der Waals surface area contributed by atoms with E-state index in [0.717, 1.165) is 31.2 Å². The third-order valence-electron chi connectivity index (χ3n) is 3.80. The highest BCUT2D eigenvalue weighted by molar-refractivity contribution is 5.54. The standard InChI is InChI=1S/C15H18N2O2/c1-10-2-4-11(5-3-10)14-16-15(19-17-14)12-6-8-13(18)9-7-12/h2-5,12-13,18H,6-9H2,1H3. The van der Waals surface area contributed by atoms with Crippen molar-refractivity contribution in [3.63, 3.8) is 0 Å². The van der Waals surface area contributed by atoms with Crippen LogP contribution in [0.4, 0.5) is 0 Å². The van der Waals surface area contributed by atoms with Gasteiger partial charge in [0.2, 0.25) is 11.7 Å². The summed E-state index contributed by atoms with van der Waals surface area (Å²) in [6.07, 6.45) is 3.35. The van der Waals surface area contributed by atoms with Crippen molar-refractivity contribution in [1.82, 2.24) is 10.1 Å². The largest absolute Gasteiger partial charge is 0.393 e. The van der Waals surface area contributed by atoms with Crippen molar-refractivity contribution in [2.45, 2.75) is 44.6 Å². The summed E-state index contributed by atoms with van der Waals surface area (Å²) in [6.45, 7) is 2.05. The second kappa shape index (κ2) is 5.13. The summed E-state index contributed by atoms with van der Waals surface area (Å²) in [5, 5.41) is 13.6. The number of aliphatic hydroxyl groups excluding tert-OH is 1. The van der Waals surface area contributed by atoms with Gasteiger partial charge in [-0.25, -0.2) is 0 Å². The van der Waals surface area contributed by atoms with Gasteiger partial charge >= 0.3 is 0 Å². The van der Waals surface area contributed by atoms with E-state index in [2.05, 4.69) is 17.1 Å². The van der Waals surface area contributed by atoms with Gasteiger partial charge in [-0.1, -0.05) is 35.0 Å². The summed E-state index contributed by atoms with van der Waals surface area (Å²) in [5.74, 6) is 1.67. The Hall–Kier alpha value is -1.68. The van der Waals surface area contributed by atoms with E-state index in [1.807, 2.05) is 24.3 Å². The van der Waals surface area contributed by atoms with Crippen molar-refractivity contribution in [2.75, 3.05) is 0 Å². The molecule has 100 valence electrons. The van der Waals surface area contributed by atoms with E-state index in [1.54, 1.807) is 0 Å². The van der Waals surface area contributed by atoms with Gasteiger partial charge in [-0.15, -0.1) is 0 Å². The highest BCUT2D eigenvalue weighted by atomic mass is 16.5. The number of aliphatic hydroxyl groups is 1. The van der Waals surface area contributed by atoms with Crippen molar-refractivity contribution >= 4 is 0 Å². The summed E-state index contributed by atoms with van der Waals surface area (Å²) in [6, 6.07) is 8.11. The zero-order chi connectivity index (χ0) is 13.2. The van der Waals surface area contributed by atoms with E-state index in [0.29, 0.717) is 17.6 Å². The van der Waals surface area contributed by atoms with Crippen LogP contribution in [0.1, 0.15) is 43.1 Å². The fourth-order valence-corrected chi connectivity index (χ4v) is 2.54. The monoisotopic (exact) mass is 258 g/mol. The Bertz CT molecular complexity index is 540. The smallest absolute Gasteiger partial charge is 0.230 e. The van der Waals surface area contributed by atoms with E-state index < -0.39 is 0 Å². The van der Waals surface area contributed by atoms with Crippen LogP contribution in [0.5, 0.6) is 0 Å². The summed E-state index contributed by atoms with van der Waals surface area (Å²) in [7, 11) is 0. The maximum absolute atomic E-state index is 9.52. The van der Waals surface area contributed by atoms with Crippen LogP contribution in [0.25, 0.3) is 11.4 Å². The predicted molar refractivity (Wildman–Crippen MR) is 71.7 cm³/mol. The molecule has 0 bridgehead atoms. The maximum Gasteiger partial charge on any atom is 0.230 e. The lowest BCUT2D eigenvalue weighted by molar-refractivity contribution is 0.116. The first kappa shape index (κ1) is 12.4. The molecule has 1 aliphatic rings. The Morgan fingerprint density at radius 3 is 2.47 bits per heavy atom. The second-order valence-electron chi connectivity index (χ2n) is 5.33. The molecule has 1 aromatic heterocycles. The molecule has 19 heavy (non-hydrogen) atoms. The molecule has 1 heterocycles. The van der Waals surface area contributed by atoms with E-state index in [-0.39, 0.29) is 6.10 Å². The van der Waals surface area contributed by atoms with Crippen LogP contribution in [0.2, 0.25) is 0 Å². The molecule has 0 amide bonds. The topological polar surface area (TPSA) is 59.2 Å². The van der Waals surface area contributed by atoms with Crippen LogP contribution in [0, 0.1) is 6.92 Å². The van der Waals surface area contributed by atoms with Crippen molar-refractivity contribution in [2.24, 2.45) is 0 Å². The van der Waals surface area contributed by atoms with Gasteiger partial charge in [0.1, 0.15) is 0 Å². The SMILES string of the molecule is Cc1ccc(-c2noc(C3CCC(O)CC3)n2)cc1. The van der Waals surface area contributed by atoms with Gasteiger partial charge < -0.3 is 9.63 Å². The second-order valence-corrected chi connectivity index (χ2v) is 5.33. The first-order valence-corrected chi connectivity index (χ1v) is 6.81. The Labute approximate surface area is 112 Å². The number of nitrogens with zero attached hydrogens (tertiary/aromatic N) is 2. The maximum atomic E-state index is 9.52. The first-order valence-electron chi connectivity index (χ1n) is 6.81. The lowest BCUT2D eigenvalue weighted by Crippen LogP contribution is -2.17. The molecule has 1 fully saturated rings. The summed E-state index contributed by atoms with van der Waals surface area (Å²) < 4.78 is 5.38. The third kappa shape index (κ3) is 2.68. The minimum Gasteiger partial charge on any atom is -0.393 e. The highest BCUT2D eigenvalue weighted by Crippen LogP contribution is 2.32. The predicted octanol–water partition coefficient (Wildman–Crippen LogP) is 3.06. The molecule has 1 aromatic carbocycles. The van der Waals surface area contributed by atoms with Crippen LogP contribution in [0.3, 0.4) is 0 Å². The molecule has 4 nitrogen and oxygen atoms in total. The number of aryl methyl sites for hydroxylation is 1. The summed E-state index contributed by atoms with van der Waals surface area (Å²) in [4.78, 5) is 4.50. The van der Waals surface area contributed by atoms with E-state index >= 15 is 0 Å². The first-order chi connectivity index (χ1) is 9.22. The van der Waals surface area contributed by atoms with E-state index in [9.17, 15) is 5.11 Å². The fourth-order valence-electron chi connectivity index (χ4n) is 2.54. The Morgan fingerprint density at radius 2 is 1.79 bits per heavy atom. The van der Waals surface area contributed by atoms with Crippen molar-refractivity contribution < 1.29 is 9.63 Å². The lowest BCUT2D eigenvalue weighted by Gasteiger charge is -2.22. The van der Waals surface area contributed by atoms with Crippen molar-refractivity contribution in [1.29, 1.82) is 0 Å². The molecule has 0 atom stereocenters. The molecule has 0 aliphatic heterocycles. The van der Waals surface area contributed by atoms with E-state index in [4.69, 9.17) is 4.52 Å². The van der Waals surface area contributed by atoms with Crippen LogP contribution in [-0.4, -0.2) is 21.4 Å². The fraction of sp³-hybridized carbons (Fsp3) is 0.467. The molecule has 2 aromatic rings. The zero-order valence-electron chi connectivity index (χ0n) is 11.0. The molecule has 3 rings (SSSR count). The Kier molecular flexibility index (Phi) is 3.34. The number of hydrogen-bond acceptors (Lipinski definition) is 4. The van der Waals surface area contributed by atoms with Crippen molar-refractivity contribution in [3.8, 4) is 11.4 Å². The lowest BCUT2D eigenvalue weighted by atomic mass is 9.87. The minimum absolute atomic E-state index is 0.157. The summed E-state index contributed by atoms with van der Waals surface area (Å²) >= 11 is 0. The molecular formula is C15H18N2O2. The quantitative estimate of drug-likeness (QED) is 0.899. The van der Waals surface area contributed by atoms with Gasteiger partial charge in [-0.05, 0) is 32.6 Å². The molecule has 1 aliphatic carbocycles. The van der Waals surface area contributed by atoms with Crippen LogP contribution in [-0.2, 0) is 0 Å². The van der Waals surface area contributed by atoms with Gasteiger partial charge in [0, 0.05) is 11.5 Å². The molecule has 1 saturated carbocycles.